The average Bonchev–Trinajstić information content (AvgIpc) is 2.38. The summed E-state index contributed by atoms with van der Waals surface area (Å²) in [5.74, 6) is -1.35. The van der Waals surface area contributed by atoms with E-state index in [1.54, 1.807) is 24.3 Å². The largest absolute Gasteiger partial charge is 0.477 e. The van der Waals surface area contributed by atoms with Gasteiger partial charge in [0.25, 0.3) is 5.72 Å². The van der Waals surface area contributed by atoms with Crippen LogP contribution in [-0.4, -0.2) is 22.7 Å². The first-order valence-corrected chi connectivity index (χ1v) is 6.74. The van der Waals surface area contributed by atoms with Crippen LogP contribution in [0.1, 0.15) is 33.1 Å². The summed E-state index contributed by atoms with van der Waals surface area (Å²) in [4.78, 5) is 22.9. The maximum atomic E-state index is 11.6. The van der Waals surface area contributed by atoms with Crippen LogP contribution in [0.4, 0.5) is 0 Å². The van der Waals surface area contributed by atoms with Crippen molar-refractivity contribution in [1.82, 2.24) is 5.32 Å². The van der Waals surface area contributed by atoms with Gasteiger partial charge in [-0.15, -0.1) is 0 Å². The standard InChI is InChI=1S/C14H18ClNO4/c1-3-4-9-14(13(18)19,16-10(2)17)20-12-7-5-11(15)6-8-12/h5-8H,3-4,9H2,1-2H3,(H,16,17)(H,18,19). The van der Waals surface area contributed by atoms with Crippen LogP contribution in [0, 0.1) is 0 Å². The Kier molecular flexibility index (Phi) is 5.82. The molecule has 1 amide bonds. The minimum Gasteiger partial charge on any atom is -0.477 e. The molecule has 5 nitrogen and oxygen atoms in total. The van der Waals surface area contributed by atoms with Crippen molar-refractivity contribution in [3.8, 4) is 5.75 Å². The predicted molar refractivity (Wildman–Crippen MR) is 75.8 cm³/mol. The second-order valence-corrected chi connectivity index (χ2v) is 4.91. The Morgan fingerprint density at radius 1 is 1.35 bits per heavy atom. The molecule has 1 rings (SSSR count). The number of carboxylic acids is 1. The van der Waals surface area contributed by atoms with E-state index in [-0.39, 0.29) is 6.42 Å². The molecule has 1 aromatic carbocycles. The van der Waals surface area contributed by atoms with E-state index < -0.39 is 17.6 Å². The summed E-state index contributed by atoms with van der Waals surface area (Å²) in [6.45, 7) is 3.19. The van der Waals surface area contributed by atoms with Crippen molar-refractivity contribution in [3.05, 3.63) is 29.3 Å². The number of rotatable bonds is 7. The molecular weight excluding hydrogens is 282 g/mol. The molecule has 0 spiro atoms. The number of carboxylic acid groups (broad SMARTS) is 1. The van der Waals surface area contributed by atoms with Gasteiger partial charge >= 0.3 is 5.97 Å². The van der Waals surface area contributed by atoms with Crippen LogP contribution >= 0.6 is 11.6 Å². The molecule has 0 aromatic heterocycles. The molecule has 0 aliphatic carbocycles. The number of unbranched alkanes of at least 4 members (excludes halogenated alkanes) is 1. The number of carbonyl (C=O) groups is 2. The zero-order valence-electron chi connectivity index (χ0n) is 11.5. The van der Waals surface area contributed by atoms with Crippen LogP contribution in [0.25, 0.3) is 0 Å². The molecule has 2 N–H and O–H groups in total. The molecule has 1 atom stereocenters. The molecule has 0 aliphatic rings. The first-order chi connectivity index (χ1) is 9.39. The molecule has 0 saturated carbocycles. The number of carbonyl (C=O) groups excluding carboxylic acids is 1. The van der Waals surface area contributed by atoms with Gasteiger partial charge in [-0.2, -0.15) is 0 Å². The molecule has 0 bridgehead atoms. The SMILES string of the molecule is CCCCC(NC(C)=O)(Oc1ccc(Cl)cc1)C(=O)O. The number of aliphatic carboxylic acids is 1. The summed E-state index contributed by atoms with van der Waals surface area (Å²) >= 11 is 5.77. The number of hydrogen-bond donors (Lipinski definition) is 2. The average molecular weight is 300 g/mol. The van der Waals surface area contributed by atoms with Crippen molar-refractivity contribution in [2.24, 2.45) is 0 Å². The molecule has 0 saturated heterocycles. The molecule has 0 fully saturated rings. The summed E-state index contributed by atoms with van der Waals surface area (Å²) in [5, 5.41) is 12.4. The van der Waals surface area contributed by atoms with Crippen LogP contribution in [0.2, 0.25) is 5.02 Å². The van der Waals surface area contributed by atoms with E-state index in [0.29, 0.717) is 17.2 Å². The van der Waals surface area contributed by atoms with E-state index in [1.807, 2.05) is 6.92 Å². The molecule has 0 aliphatic heterocycles. The summed E-state index contributed by atoms with van der Waals surface area (Å²) in [7, 11) is 0. The molecular formula is C14H18ClNO4. The summed E-state index contributed by atoms with van der Waals surface area (Å²) in [5.41, 5.74) is -1.75. The quantitative estimate of drug-likeness (QED) is 0.759. The van der Waals surface area contributed by atoms with Gasteiger partial charge in [0.2, 0.25) is 5.91 Å². The van der Waals surface area contributed by atoms with Crippen molar-refractivity contribution in [3.63, 3.8) is 0 Å². The zero-order valence-corrected chi connectivity index (χ0v) is 12.2. The minimum atomic E-state index is -1.75. The first kappa shape index (κ1) is 16.3. The Bertz CT molecular complexity index is 475. The van der Waals surface area contributed by atoms with Gasteiger partial charge in [-0.25, -0.2) is 4.79 Å². The highest BCUT2D eigenvalue weighted by atomic mass is 35.5. The van der Waals surface area contributed by atoms with Crippen LogP contribution in [0.15, 0.2) is 24.3 Å². The third kappa shape index (κ3) is 4.42. The number of ether oxygens (including phenoxy) is 1. The second kappa shape index (κ2) is 7.14. The number of halogens is 1. The maximum Gasteiger partial charge on any atom is 0.370 e. The van der Waals surface area contributed by atoms with E-state index in [9.17, 15) is 14.7 Å². The number of hydrogen-bond acceptors (Lipinski definition) is 3. The van der Waals surface area contributed by atoms with Gasteiger partial charge in [-0.1, -0.05) is 24.9 Å². The van der Waals surface area contributed by atoms with Gasteiger partial charge in [0.05, 0.1) is 0 Å². The summed E-state index contributed by atoms with van der Waals surface area (Å²) < 4.78 is 5.54. The Labute approximate surface area is 122 Å². The van der Waals surface area contributed by atoms with Crippen molar-refractivity contribution in [2.75, 3.05) is 0 Å². The molecule has 1 unspecified atom stereocenters. The topological polar surface area (TPSA) is 75.6 Å². The molecule has 20 heavy (non-hydrogen) atoms. The molecule has 6 heteroatoms. The van der Waals surface area contributed by atoms with E-state index in [0.717, 1.165) is 6.42 Å². The molecule has 0 radical (unpaired) electrons. The fraction of sp³-hybridized carbons (Fsp3) is 0.429. The normalized spacial score (nSPS) is 13.3. The van der Waals surface area contributed by atoms with Crippen molar-refractivity contribution in [2.45, 2.75) is 38.8 Å². The van der Waals surface area contributed by atoms with E-state index in [1.165, 1.54) is 6.92 Å². The van der Waals surface area contributed by atoms with E-state index in [4.69, 9.17) is 16.3 Å². The Balaban J connectivity index is 3.03. The van der Waals surface area contributed by atoms with Crippen LogP contribution in [-0.2, 0) is 9.59 Å². The van der Waals surface area contributed by atoms with Crippen LogP contribution in [0.3, 0.4) is 0 Å². The van der Waals surface area contributed by atoms with Gasteiger partial charge < -0.3 is 15.2 Å². The lowest BCUT2D eigenvalue weighted by Crippen LogP contribution is -2.58. The van der Waals surface area contributed by atoms with Gasteiger partial charge in [0, 0.05) is 18.4 Å². The fourth-order valence-corrected chi connectivity index (χ4v) is 1.88. The second-order valence-electron chi connectivity index (χ2n) is 4.47. The van der Waals surface area contributed by atoms with Crippen molar-refractivity contribution < 1.29 is 19.4 Å². The van der Waals surface area contributed by atoms with E-state index in [2.05, 4.69) is 5.32 Å². The zero-order chi connectivity index (χ0) is 15.2. The van der Waals surface area contributed by atoms with Gasteiger partial charge in [-0.05, 0) is 30.7 Å². The highest BCUT2D eigenvalue weighted by molar-refractivity contribution is 6.30. The number of amides is 1. The third-order valence-corrected chi connectivity index (χ3v) is 2.96. The molecule has 110 valence electrons. The fourth-order valence-electron chi connectivity index (χ4n) is 1.76. The van der Waals surface area contributed by atoms with Crippen LogP contribution < -0.4 is 10.1 Å². The predicted octanol–water partition coefficient (Wildman–Crippen LogP) is 2.83. The lowest BCUT2D eigenvalue weighted by Gasteiger charge is -2.30. The lowest BCUT2D eigenvalue weighted by molar-refractivity contribution is -0.162. The van der Waals surface area contributed by atoms with Gasteiger partial charge in [0.15, 0.2) is 0 Å². The Morgan fingerprint density at radius 2 is 1.95 bits per heavy atom. The Hall–Kier alpha value is -1.75. The third-order valence-electron chi connectivity index (χ3n) is 2.71. The highest BCUT2D eigenvalue weighted by Crippen LogP contribution is 2.24. The van der Waals surface area contributed by atoms with Crippen LogP contribution in [0.5, 0.6) is 5.75 Å². The Morgan fingerprint density at radius 3 is 2.40 bits per heavy atom. The van der Waals surface area contributed by atoms with Crippen molar-refractivity contribution >= 4 is 23.5 Å². The van der Waals surface area contributed by atoms with Crippen molar-refractivity contribution in [1.29, 1.82) is 0 Å². The lowest BCUT2D eigenvalue weighted by atomic mass is 10.1. The smallest absolute Gasteiger partial charge is 0.370 e. The summed E-state index contributed by atoms with van der Waals surface area (Å²) in [6.07, 6.45) is 1.58. The highest BCUT2D eigenvalue weighted by Gasteiger charge is 2.41. The maximum absolute atomic E-state index is 11.6. The van der Waals surface area contributed by atoms with Gasteiger partial charge in [-0.3, -0.25) is 4.79 Å². The minimum absolute atomic E-state index is 0.182. The van der Waals surface area contributed by atoms with Gasteiger partial charge in [0.1, 0.15) is 5.75 Å². The molecule has 0 heterocycles. The number of nitrogens with one attached hydrogen (secondary N) is 1. The summed E-state index contributed by atoms with van der Waals surface area (Å²) in [6, 6.07) is 6.32. The first-order valence-electron chi connectivity index (χ1n) is 6.36. The van der Waals surface area contributed by atoms with E-state index >= 15 is 0 Å². The molecule has 1 aromatic rings. The monoisotopic (exact) mass is 299 g/mol. The number of benzene rings is 1.